The van der Waals surface area contributed by atoms with Gasteiger partial charge in [-0.15, -0.1) is 0 Å². The van der Waals surface area contributed by atoms with Gasteiger partial charge in [-0.25, -0.2) is 4.79 Å². The van der Waals surface area contributed by atoms with Crippen molar-refractivity contribution in [3.63, 3.8) is 0 Å². The molecule has 25 heavy (non-hydrogen) atoms. The molecule has 4 rings (SSSR count). The Balaban J connectivity index is 1.55. The molecular formula is C19H19N3O3. The number of benzene rings is 2. The fourth-order valence-electron chi connectivity index (χ4n) is 3.21. The van der Waals surface area contributed by atoms with Gasteiger partial charge in [-0.2, -0.15) is 0 Å². The van der Waals surface area contributed by atoms with E-state index in [0.717, 1.165) is 17.8 Å². The summed E-state index contributed by atoms with van der Waals surface area (Å²) in [6.07, 6.45) is 0.731. The van der Waals surface area contributed by atoms with E-state index in [9.17, 15) is 9.59 Å². The molecule has 0 aliphatic carbocycles. The number of hydrogen-bond donors (Lipinski definition) is 1. The van der Waals surface area contributed by atoms with Crippen molar-refractivity contribution in [1.82, 2.24) is 4.57 Å². The lowest BCUT2D eigenvalue weighted by atomic mass is 10.2. The molecule has 128 valence electrons. The summed E-state index contributed by atoms with van der Waals surface area (Å²) in [5, 5.41) is 3.28. The number of nitrogens with zero attached hydrogens (tertiary/aromatic N) is 2. The molecule has 1 amide bonds. The minimum atomic E-state index is -0.394. The number of aryl methyl sites for hydroxylation is 2. The molecule has 0 saturated carbocycles. The van der Waals surface area contributed by atoms with Crippen LogP contribution in [0.15, 0.2) is 51.7 Å². The average Bonchev–Trinajstić information content (AvgIpc) is 3.10. The second kappa shape index (κ2) is 5.81. The minimum absolute atomic E-state index is 0.0602. The first-order valence-corrected chi connectivity index (χ1v) is 8.27. The van der Waals surface area contributed by atoms with Crippen LogP contribution in [0.25, 0.3) is 11.1 Å². The summed E-state index contributed by atoms with van der Waals surface area (Å²) >= 11 is 0. The standard InChI is InChI=1S/C19H19N3O3/c1-12-3-6-14(7-4-12)22-10-9-15(18(22)23)20-13-5-8-17-16(11-13)21(2)19(24)25-17/h3-8,11,15,20H,9-10H2,1-2H3/t15-/m0/s1. The van der Waals surface area contributed by atoms with E-state index in [1.165, 1.54) is 10.1 Å². The van der Waals surface area contributed by atoms with E-state index < -0.39 is 5.76 Å². The van der Waals surface area contributed by atoms with Crippen molar-refractivity contribution < 1.29 is 9.21 Å². The fourth-order valence-corrected chi connectivity index (χ4v) is 3.21. The van der Waals surface area contributed by atoms with E-state index in [4.69, 9.17) is 4.42 Å². The third-order valence-electron chi connectivity index (χ3n) is 4.68. The van der Waals surface area contributed by atoms with Gasteiger partial charge in [0.15, 0.2) is 5.58 Å². The van der Waals surface area contributed by atoms with Crippen LogP contribution in [-0.4, -0.2) is 23.1 Å². The van der Waals surface area contributed by atoms with Gasteiger partial charge in [0.2, 0.25) is 5.91 Å². The van der Waals surface area contributed by atoms with E-state index in [-0.39, 0.29) is 11.9 Å². The number of aromatic nitrogens is 1. The molecule has 6 heteroatoms. The SMILES string of the molecule is Cc1ccc(N2CC[C@H](Nc3ccc4oc(=O)n(C)c4c3)C2=O)cc1. The molecule has 1 atom stereocenters. The Morgan fingerprint density at radius 3 is 2.64 bits per heavy atom. The second-order valence-electron chi connectivity index (χ2n) is 6.42. The first-order valence-electron chi connectivity index (χ1n) is 8.27. The van der Waals surface area contributed by atoms with Gasteiger partial charge in [-0.05, 0) is 43.7 Å². The number of hydrogen-bond acceptors (Lipinski definition) is 4. The molecule has 1 aromatic heterocycles. The van der Waals surface area contributed by atoms with Gasteiger partial charge in [0, 0.05) is 25.0 Å². The van der Waals surface area contributed by atoms with Crippen molar-refractivity contribution >= 4 is 28.4 Å². The van der Waals surface area contributed by atoms with Crippen LogP contribution >= 0.6 is 0 Å². The molecule has 1 N–H and O–H groups in total. The largest absolute Gasteiger partial charge is 0.419 e. The Morgan fingerprint density at radius 2 is 1.88 bits per heavy atom. The number of rotatable bonds is 3. The van der Waals surface area contributed by atoms with Crippen molar-refractivity contribution in [1.29, 1.82) is 0 Å². The Morgan fingerprint density at radius 1 is 1.12 bits per heavy atom. The van der Waals surface area contributed by atoms with Crippen molar-refractivity contribution in [2.45, 2.75) is 19.4 Å². The van der Waals surface area contributed by atoms with Gasteiger partial charge < -0.3 is 14.6 Å². The monoisotopic (exact) mass is 337 g/mol. The molecule has 0 bridgehead atoms. The fraction of sp³-hybridized carbons (Fsp3) is 0.263. The maximum absolute atomic E-state index is 12.7. The van der Waals surface area contributed by atoms with Crippen molar-refractivity contribution in [2.75, 3.05) is 16.8 Å². The molecule has 1 aliphatic rings. The zero-order valence-corrected chi connectivity index (χ0v) is 14.2. The number of carbonyl (C=O) groups excluding carboxylic acids is 1. The van der Waals surface area contributed by atoms with E-state index in [1.807, 2.05) is 48.2 Å². The van der Waals surface area contributed by atoms with Gasteiger partial charge in [0.05, 0.1) is 5.52 Å². The molecular weight excluding hydrogens is 318 g/mol. The van der Waals surface area contributed by atoms with Crippen LogP contribution in [0.2, 0.25) is 0 Å². The van der Waals surface area contributed by atoms with E-state index in [1.54, 1.807) is 13.1 Å². The number of anilines is 2. The number of amides is 1. The Labute approximate surface area is 144 Å². The zero-order valence-electron chi connectivity index (χ0n) is 14.2. The van der Waals surface area contributed by atoms with Crippen LogP contribution in [0.5, 0.6) is 0 Å². The van der Waals surface area contributed by atoms with Gasteiger partial charge in [-0.3, -0.25) is 9.36 Å². The summed E-state index contributed by atoms with van der Waals surface area (Å²) in [6, 6.07) is 13.1. The molecule has 6 nitrogen and oxygen atoms in total. The maximum atomic E-state index is 12.7. The third kappa shape index (κ3) is 2.69. The summed E-state index contributed by atoms with van der Waals surface area (Å²) in [7, 11) is 1.66. The van der Waals surface area contributed by atoms with E-state index in [0.29, 0.717) is 17.6 Å². The molecule has 1 fully saturated rings. The predicted octanol–water partition coefficient (Wildman–Crippen LogP) is 2.66. The van der Waals surface area contributed by atoms with E-state index in [2.05, 4.69) is 5.32 Å². The van der Waals surface area contributed by atoms with Crippen LogP contribution in [0.3, 0.4) is 0 Å². The van der Waals surface area contributed by atoms with Crippen LogP contribution < -0.4 is 16.0 Å². The Bertz CT molecular complexity index is 1000. The summed E-state index contributed by atoms with van der Waals surface area (Å²) in [4.78, 5) is 26.1. The molecule has 1 aliphatic heterocycles. The highest BCUT2D eigenvalue weighted by atomic mass is 16.4. The van der Waals surface area contributed by atoms with Crippen LogP contribution in [0.1, 0.15) is 12.0 Å². The number of fused-ring (bicyclic) bond motifs is 1. The van der Waals surface area contributed by atoms with Crippen LogP contribution in [0.4, 0.5) is 11.4 Å². The first kappa shape index (κ1) is 15.5. The predicted molar refractivity (Wildman–Crippen MR) is 97.0 cm³/mol. The molecule has 0 unspecified atom stereocenters. The van der Waals surface area contributed by atoms with Crippen molar-refractivity contribution in [3.05, 3.63) is 58.6 Å². The van der Waals surface area contributed by atoms with Crippen molar-refractivity contribution in [2.24, 2.45) is 7.05 Å². The van der Waals surface area contributed by atoms with Gasteiger partial charge >= 0.3 is 5.76 Å². The molecule has 1 saturated heterocycles. The molecule has 2 aromatic carbocycles. The zero-order chi connectivity index (χ0) is 17.6. The number of oxazole rings is 1. The van der Waals surface area contributed by atoms with Crippen molar-refractivity contribution in [3.8, 4) is 0 Å². The normalized spacial score (nSPS) is 17.4. The molecule has 0 radical (unpaired) electrons. The highest BCUT2D eigenvalue weighted by Crippen LogP contribution is 2.25. The number of nitrogens with one attached hydrogen (secondary N) is 1. The highest BCUT2D eigenvalue weighted by Gasteiger charge is 2.32. The quantitative estimate of drug-likeness (QED) is 0.798. The second-order valence-corrected chi connectivity index (χ2v) is 6.42. The average molecular weight is 337 g/mol. The summed E-state index contributed by atoms with van der Waals surface area (Å²) in [5.41, 5.74) is 4.14. The molecule has 2 heterocycles. The smallest absolute Gasteiger partial charge is 0.408 e. The van der Waals surface area contributed by atoms with Gasteiger partial charge in [0.25, 0.3) is 0 Å². The summed E-state index contributed by atoms with van der Waals surface area (Å²) in [5.74, 6) is -0.334. The topological polar surface area (TPSA) is 67.5 Å². The highest BCUT2D eigenvalue weighted by molar-refractivity contribution is 6.01. The lowest BCUT2D eigenvalue weighted by molar-refractivity contribution is -0.117. The van der Waals surface area contributed by atoms with Crippen LogP contribution in [0, 0.1) is 6.92 Å². The van der Waals surface area contributed by atoms with E-state index >= 15 is 0 Å². The number of carbonyl (C=O) groups is 1. The van der Waals surface area contributed by atoms with Gasteiger partial charge in [-0.1, -0.05) is 17.7 Å². The first-order chi connectivity index (χ1) is 12.0. The summed E-state index contributed by atoms with van der Waals surface area (Å²) < 4.78 is 6.59. The maximum Gasteiger partial charge on any atom is 0.419 e. The Kier molecular flexibility index (Phi) is 3.60. The van der Waals surface area contributed by atoms with Gasteiger partial charge in [0.1, 0.15) is 6.04 Å². The lowest BCUT2D eigenvalue weighted by Crippen LogP contribution is -2.33. The summed E-state index contributed by atoms with van der Waals surface area (Å²) in [6.45, 7) is 2.71. The molecule has 0 spiro atoms. The Hall–Kier alpha value is -3.02. The lowest BCUT2D eigenvalue weighted by Gasteiger charge is -2.18. The minimum Gasteiger partial charge on any atom is -0.408 e. The molecule has 3 aromatic rings. The van der Waals surface area contributed by atoms with Crippen LogP contribution in [-0.2, 0) is 11.8 Å². The third-order valence-corrected chi connectivity index (χ3v) is 4.68.